The Morgan fingerprint density at radius 2 is 2.38 bits per heavy atom. The van der Waals surface area contributed by atoms with Crippen LogP contribution < -0.4 is 27.3 Å². The van der Waals surface area contributed by atoms with Crippen LogP contribution in [0.2, 0.25) is 0 Å². The SMILES string of the molecule is CCn1c(=O)c(Br)cc2c1=NC(N)NC=2C. The van der Waals surface area contributed by atoms with Gasteiger partial charge in [0.05, 0.1) is 4.47 Å². The Morgan fingerprint density at radius 3 is 3.00 bits per heavy atom. The number of fused-ring (bicyclic) bond motifs is 1. The monoisotopic (exact) mass is 284 g/mol. The fourth-order valence-electron chi connectivity index (χ4n) is 1.80. The molecule has 0 aliphatic carbocycles. The zero-order valence-corrected chi connectivity index (χ0v) is 10.7. The van der Waals surface area contributed by atoms with Crippen molar-refractivity contribution in [2.75, 3.05) is 0 Å². The summed E-state index contributed by atoms with van der Waals surface area (Å²) in [5.41, 5.74) is 7.23. The summed E-state index contributed by atoms with van der Waals surface area (Å²) < 4.78 is 2.16. The van der Waals surface area contributed by atoms with Crippen molar-refractivity contribution in [2.24, 2.45) is 10.7 Å². The number of hydrogen-bond donors (Lipinski definition) is 2. The van der Waals surface area contributed by atoms with Gasteiger partial charge in [0.25, 0.3) is 5.56 Å². The Balaban J connectivity index is 2.99. The van der Waals surface area contributed by atoms with Crippen molar-refractivity contribution >= 4 is 21.6 Å². The minimum Gasteiger partial charge on any atom is -0.355 e. The molecular weight excluding hydrogens is 272 g/mol. The van der Waals surface area contributed by atoms with Gasteiger partial charge in [0.2, 0.25) is 0 Å². The summed E-state index contributed by atoms with van der Waals surface area (Å²) in [7, 11) is 0. The van der Waals surface area contributed by atoms with Crippen LogP contribution in [0.4, 0.5) is 0 Å². The number of hydrogen-bond acceptors (Lipinski definition) is 4. The van der Waals surface area contributed by atoms with Crippen LogP contribution in [0.5, 0.6) is 0 Å². The number of aromatic nitrogens is 1. The van der Waals surface area contributed by atoms with Crippen LogP contribution >= 0.6 is 15.9 Å². The summed E-state index contributed by atoms with van der Waals surface area (Å²) in [6.45, 7) is 4.40. The lowest BCUT2D eigenvalue weighted by atomic mass is 10.3. The van der Waals surface area contributed by atoms with E-state index in [1.54, 1.807) is 10.6 Å². The van der Waals surface area contributed by atoms with Crippen LogP contribution in [0.15, 0.2) is 20.3 Å². The van der Waals surface area contributed by atoms with Crippen molar-refractivity contribution < 1.29 is 0 Å². The first kappa shape index (κ1) is 11.3. The highest BCUT2D eigenvalue weighted by Crippen LogP contribution is 1.98. The largest absolute Gasteiger partial charge is 0.355 e. The molecule has 1 aromatic heterocycles. The summed E-state index contributed by atoms with van der Waals surface area (Å²) in [5, 5.41) is 3.94. The molecule has 1 unspecified atom stereocenters. The van der Waals surface area contributed by atoms with Gasteiger partial charge in [-0.2, -0.15) is 0 Å². The Bertz CT molecular complexity index is 604. The van der Waals surface area contributed by atoms with Gasteiger partial charge in [-0.3, -0.25) is 15.1 Å². The molecule has 1 aliphatic heterocycles. The fourth-order valence-corrected chi connectivity index (χ4v) is 2.24. The molecule has 2 heterocycles. The van der Waals surface area contributed by atoms with E-state index in [1.807, 2.05) is 13.8 Å². The third-order valence-corrected chi connectivity index (χ3v) is 3.13. The molecule has 0 saturated carbocycles. The maximum atomic E-state index is 11.9. The van der Waals surface area contributed by atoms with E-state index in [2.05, 4.69) is 26.2 Å². The lowest BCUT2D eigenvalue weighted by Crippen LogP contribution is -2.53. The Kier molecular flexibility index (Phi) is 2.86. The van der Waals surface area contributed by atoms with Crippen molar-refractivity contribution in [1.29, 1.82) is 0 Å². The van der Waals surface area contributed by atoms with Gasteiger partial charge in [0.15, 0.2) is 6.29 Å². The smallest absolute Gasteiger partial charge is 0.266 e. The predicted octanol–water partition coefficient (Wildman–Crippen LogP) is -0.776. The molecule has 0 amide bonds. The highest BCUT2D eigenvalue weighted by atomic mass is 79.9. The maximum absolute atomic E-state index is 11.9. The second-order valence-electron chi connectivity index (χ2n) is 3.62. The fraction of sp³-hybridized carbons (Fsp3) is 0.400. The summed E-state index contributed by atoms with van der Waals surface area (Å²) >= 11 is 3.26. The summed E-state index contributed by atoms with van der Waals surface area (Å²) in [6.07, 6.45) is -0.481. The van der Waals surface area contributed by atoms with Gasteiger partial charge in [-0.1, -0.05) is 0 Å². The highest BCUT2D eigenvalue weighted by molar-refractivity contribution is 9.10. The molecule has 0 aromatic carbocycles. The minimum absolute atomic E-state index is 0.0769. The highest BCUT2D eigenvalue weighted by Gasteiger charge is 2.12. The molecule has 0 bridgehead atoms. The van der Waals surface area contributed by atoms with E-state index in [-0.39, 0.29) is 5.56 Å². The third-order valence-electron chi connectivity index (χ3n) is 2.56. The van der Waals surface area contributed by atoms with E-state index in [0.717, 1.165) is 10.9 Å². The van der Waals surface area contributed by atoms with Crippen molar-refractivity contribution in [3.8, 4) is 0 Å². The average Bonchev–Trinajstić information content (AvgIpc) is 2.22. The first-order valence-electron chi connectivity index (χ1n) is 5.04. The summed E-state index contributed by atoms with van der Waals surface area (Å²) in [4.78, 5) is 16.1. The molecule has 0 radical (unpaired) electrons. The van der Waals surface area contributed by atoms with Gasteiger partial charge in [-0.25, -0.2) is 4.99 Å². The van der Waals surface area contributed by atoms with Gasteiger partial charge in [-0.15, -0.1) is 0 Å². The van der Waals surface area contributed by atoms with Crippen LogP contribution in [-0.4, -0.2) is 10.9 Å². The van der Waals surface area contributed by atoms with E-state index >= 15 is 0 Å². The number of halogens is 1. The van der Waals surface area contributed by atoms with E-state index < -0.39 is 6.29 Å². The molecule has 16 heavy (non-hydrogen) atoms. The second kappa shape index (κ2) is 4.03. The zero-order chi connectivity index (χ0) is 11.9. The number of nitrogens with one attached hydrogen (secondary N) is 1. The van der Waals surface area contributed by atoms with Crippen molar-refractivity contribution in [3.05, 3.63) is 31.6 Å². The Hall–Kier alpha value is -1.14. The van der Waals surface area contributed by atoms with Crippen molar-refractivity contribution in [1.82, 2.24) is 9.88 Å². The Morgan fingerprint density at radius 1 is 1.69 bits per heavy atom. The second-order valence-corrected chi connectivity index (χ2v) is 4.48. The summed E-state index contributed by atoms with van der Waals surface area (Å²) in [6, 6.07) is 1.78. The van der Waals surface area contributed by atoms with Gasteiger partial charge < -0.3 is 5.32 Å². The average molecular weight is 285 g/mol. The Labute approximate surface area is 101 Å². The molecule has 3 N–H and O–H groups in total. The van der Waals surface area contributed by atoms with Gasteiger partial charge in [0.1, 0.15) is 5.49 Å². The topological polar surface area (TPSA) is 72.4 Å². The molecule has 0 saturated heterocycles. The molecule has 0 spiro atoms. The van der Waals surface area contributed by atoms with Gasteiger partial charge >= 0.3 is 0 Å². The third kappa shape index (κ3) is 1.68. The van der Waals surface area contributed by atoms with Crippen LogP contribution in [0.1, 0.15) is 13.8 Å². The molecule has 0 fully saturated rings. The van der Waals surface area contributed by atoms with Crippen LogP contribution in [0, 0.1) is 0 Å². The van der Waals surface area contributed by atoms with E-state index in [0.29, 0.717) is 16.5 Å². The van der Waals surface area contributed by atoms with Crippen LogP contribution in [0.3, 0.4) is 0 Å². The normalized spacial score (nSPS) is 18.8. The predicted molar refractivity (Wildman–Crippen MR) is 65.1 cm³/mol. The van der Waals surface area contributed by atoms with Crippen molar-refractivity contribution in [2.45, 2.75) is 26.7 Å². The number of rotatable bonds is 1. The van der Waals surface area contributed by atoms with Gasteiger partial charge in [-0.05, 0) is 35.8 Å². The number of pyridine rings is 1. The summed E-state index contributed by atoms with van der Waals surface area (Å²) in [5.74, 6) is 0. The molecule has 86 valence electrons. The molecule has 1 aliphatic rings. The maximum Gasteiger partial charge on any atom is 0.266 e. The first-order valence-corrected chi connectivity index (χ1v) is 5.84. The van der Waals surface area contributed by atoms with E-state index in [9.17, 15) is 4.79 Å². The molecule has 5 nitrogen and oxygen atoms in total. The number of nitrogens with two attached hydrogens (primary N) is 1. The molecular formula is C10H13BrN4O. The van der Waals surface area contributed by atoms with Crippen molar-refractivity contribution in [3.63, 3.8) is 0 Å². The number of nitrogens with zero attached hydrogens (tertiary/aromatic N) is 2. The first-order chi connectivity index (χ1) is 7.54. The van der Waals surface area contributed by atoms with E-state index in [4.69, 9.17) is 5.73 Å². The lowest BCUT2D eigenvalue weighted by Gasteiger charge is -2.17. The molecule has 6 heteroatoms. The quantitative estimate of drug-likeness (QED) is 0.711. The molecule has 2 rings (SSSR count). The lowest BCUT2D eigenvalue weighted by molar-refractivity contribution is 0.571. The zero-order valence-electron chi connectivity index (χ0n) is 9.12. The van der Waals surface area contributed by atoms with E-state index in [1.165, 1.54) is 0 Å². The standard InChI is InChI=1S/C10H13BrN4O/c1-3-15-8-6(4-7(11)9(15)16)5(2)13-10(12)14-8/h4,10,13H,3,12H2,1-2H3. The van der Waals surface area contributed by atoms with Gasteiger partial charge in [0, 0.05) is 17.5 Å². The van der Waals surface area contributed by atoms with Crippen LogP contribution in [-0.2, 0) is 6.54 Å². The molecule has 1 atom stereocenters. The van der Waals surface area contributed by atoms with Crippen LogP contribution in [0.25, 0.3) is 5.70 Å². The molecule has 1 aromatic rings. The minimum atomic E-state index is -0.481.